The first-order valence-corrected chi connectivity index (χ1v) is 17.8. The Bertz CT molecular complexity index is 420. The summed E-state index contributed by atoms with van der Waals surface area (Å²) >= 11 is 0. The molecule has 0 aromatic carbocycles. The second-order valence-electron chi connectivity index (χ2n) is 13.3. The van der Waals surface area contributed by atoms with Gasteiger partial charge in [-0.3, -0.25) is 0 Å². The van der Waals surface area contributed by atoms with Crippen LogP contribution in [0.5, 0.6) is 0 Å². The maximum absolute atomic E-state index is 10.1. The zero-order chi connectivity index (χ0) is 27.9. The molecular weight excluding hydrogens is 464 g/mol. The highest BCUT2D eigenvalue weighted by atomic mass is 16.6. The average Bonchev–Trinajstić information content (AvgIpc) is 2.88. The lowest BCUT2D eigenvalue weighted by Gasteiger charge is -2.12. The Morgan fingerprint density at radius 2 is 0.579 bits per heavy atom. The largest absolute Gasteiger partial charge is 0.368 e. The van der Waals surface area contributed by atoms with E-state index in [9.17, 15) is 5.11 Å². The number of rotatable bonds is 32. The molecule has 0 radical (unpaired) electrons. The van der Waals surface area contributed by atoms with Gasteiger partial charge < -0.3 is 9.84 Å². The summed E-state index contributed by atoms with van der Waals surface area (Å²) in [6.45, 7) is 10.1. The predicted molar refractivity (Wildman–Crippen MR) is 171 cm³/mol. The molecule has 0 aliphatic rings. The second-order valence-corrected chi connectivity index (χ2v) is 13.3. The van der Waals surface area contributed by atoms with Crippen LogP contribution in [0.15, 0.2) is 0 Å². The molecule has 1 atom stereocenters. The number of unbranched alkanes of at least 4 members (excludes halogenated alkanes) is 23. The van der Waals surface area contributed by atoms with Gasteiger partial charge in [0.2, 0.25) is 0 Å². The van der Waals surface area contributed by atoms with Crippen molar-refractivity contribution in [3.8, 4) is 0 Å². The van der Waals surface area contributed by atoms with Crippen molar-refractivity contribution in [1.29, 1.82) is 0 Å². The van der Waals surface area contributed by atoms with Crippen molar-refractivity contribution in [2.45, 2.75) is 214 Å². The fraction of sp³-hybridized carbons (Fsp3) is 1.00. The Morgan fingerprint density at radius 3 is 0.868 bits per heavy atom. The molecule has 0 amide bonds. The Kier molecular flexibility index (Phi) is 31.4. The molecule has 0 aromatic rings. The molecular formula is C36H74O2. The summed E-state index contributed by atoms with van der Waals surface area (Å²) in [7, 11) is 0. The number of hydrogen-bond acceptors (Lipinski definition) is 2. The van der Waals surface area contributed by atoms with Crippen LogP contribution in [-0.4, -0.2) is 18.0 Å². The summed E-state index contributed by atoms with van der Waals surface area (Å²) in [5, 5.41) is 10.1. The predicted octanol–water partition coefficient (Wildman–Crippen LogP) is 12.6. The first-order valence-electron chi connectivity index (χ1n) is 17.8. The minimum Gasteiger partial charge on any atom is -0.368 e. The minimum atomic E-state index is -0.536. The van der Waals surface area contributed by atoms with Crippen LogP contribution in [0.1, 0.15) is 207 Å². The number of hydrogen-bond donors (Lipinski definition) is 1. The summed E-state index contributed by atoms with van der Waals surface area (Å²) in [5.74, 6) is 1.75. The van der Waals surface area contributed by atoms with E-state index in [1.165, 1.54) is 161 Å². The van der Waals surface area contributed by atoms with E-state index in [4.69, 9.17) is 4.74 Å². The molecule has 1 N–H and O–H groups in total. The third-order valence-corrected chi connectivity index (χ3v) is 8.22. The first-order chi connectivity index (χ1) is 18.5. The van der Waals surface area contributed by atoms with E-state index < -0.39 is 6.29 Å². The van der Waals surface area contributed by atoms with Crippen molar-refractivity contribution in [1.82, 2.24) is 0 Å². The van der Waals surface area contributed by atoms with Gasteiger partial charge in [0.15, 0.2) is 6.29 Å². The van der Waals surface area contributed by atoms with Gasteiger partial charge in [0.05, 0.1) is 0 Å². The van der Waals surface area contributed by atoms with Crippen LogP contribution in [-0.2, 0) is 4.74 Å². The van der Waals surface area contributed by atoms with E-state index in [1.54, 1.807) is 0 Å². The summed E-state index contributed by atoms with van der Waals surface area (Å²) in [6.07, 6.45) is 37.5. The molecule has 0 rings (SSSR count). The van der Waals surface area contributed by atoms with Gasteiger partial charge >= 0.3 is 0 Å². The van der Waals surface area contributed by atoms with Gasteiger partial charge in [-0.1, -0.05) is 188 Å². The Balaban J connectivity index is 3.15. The molecule has 0 aliphatic heterocycles. The molecule has 0 aromatic heterocycles. The molecule has 0 fully saturated rings. The van der Waals surface area contributed by atoms with Gasteiger partial charge in [-0.2, -0.15) is 0 Å². The quantitative estimate of drug-likeness (QED) is 0.0681. The lowest BCUT2D eigenvalue weighted by Crippen LogP contribution is -2.12. The normalized spacial score (nSPS) is 12.7. The van der Waals surface area contributed by atoms with Crippen molar-refractivity contribution < 1.29 is 9.84 Å². The van der Waals surface area contributed by atoms with Crippen LogP contribution in [0.3, 0.4) is 0 Å². The molecule has 2 heteroatoms. The van der Waals surface area contributed by atoms with Crippen molar-refractivity contribution in [2.24, 2.45) is 11.8 Å². The topological polar surface area (TPSA) is 29.5 Å². The summed E-state index contributed by atoms with van der Waals surface area (Å²) < 4.78 is 5.63. The summed E-state index contributed by atoms with van der Waals surface area (Å²) in [5.41, 5.74) is 0. The van der Waals surface area contributed by atoms with Gasteiger partial charge in [0, 0.05) is 6.61 Å². The van der Waals surface area contributed by atoms with Gasteiger partial charge in [-0.25, -0.2) is 0 Å². The SMILES string of the molecule is CC(C)CCCCCCCCCCCCCCCOC(O)CCCCCCCCCCCCCCC(C)C. The smallest absolute Gasteiger partial charge is 0.154 e. The van der Waals surface area contributed by atoms with E-state index in [0.29, 0.717) is 0 Å². The summed E-state index contributed by atoms with van der Waals surface area (Å²) in [6, 6.07) is 0. The van der Waals surface area contributed by atoms with E-state index in [1.807, 2.05) is 0 Å². The summed E-state index contributed by atoms with van der Waals surface area (Å²) in [4.78, 5) is 0. The van der Waals surface area contributed by atoms with E-state index in [2.05, 4.69) is 27.7 Å². The van der Waals surface area contributed by atoms with Crippen molar-refractivity contribution in [3.63, 3.8) is 0 Å². The van der Waals surface area contributed by atoms with Crippen LogP contribution in [0, 0.1) is 11.8 Å². The van der Waals surface area contributed by atoms with Gasteiger partial charge in [0.25, 0.3) is 0 Å². The van der Waals surface area contributed by atoms with Crippen LogP contribution in [0.2, 0.25) is 0 Å². The van der Waals surface area contributed by atoms with Crippen molar-refractivity contribution in [2.75, 3.05) is 6.61 Å². The minimum absolute atomic E-state index is 0.536. The zero-order valence-electron chi connectivity index (χ0n) is 27.1. The molecule has 0 spiro atoms. The van der Waals surface area contributed by atoms with Crippen molar-refractivity contribution >= 4 is 0 Å². The Labute approximate surface area is 241 Å². The Morgan fingerprint density at radius 1 is 0.342 bits per heavy atom. The van der Waals surface area contributed by atoms with E-state index in [0.717, 1.165) is 37.7 Å². The molecule has 0 bridgehead atoms. The fourth-order valence-electron chi connectivity index (χ4n) is 5.54. The molecule has 0 saturated carbocycles. The van der Waals surface area contributed by atoms with Crippen LogP contribution in [0.25, 0.3) is 0 Å². The average molecular weight is 539 g/mol. The highest BCUT2D eigenvalue weighted by Crippen LogP contribution is 2.16. The maximum Gasteiger partial charge on any atom is 0.154 e. The van der Waals surface area contributed by atoms with Crippen LogP contribution >= 0.6 is 0 Å². The van der Waals surface area contributed by atoms with Crippen LogP contribution < -0.4 is 0 Å². The molecule has 1 unspecified atom stereocenters. The maximum atomic E-state index is 10.1. The highest BCUT2D eigenvalue weighted by Gasteiger charge is 2.04. The highest BCUT2D eigenvalue weighted by molar-refractivity contribution is 4.53. The number of aliphatic hydroxyl groups is 1. The van der Waals surface area contributed by atoms with Crippen molar-refractivity contribution in [3.05, 3.63) is 0 Å². The third kappa shape index (κ3) is 33.9. The number of ether oxygens (including phenoxy) is 1. The molecule has 38 heavy (non-hydrogen) atoms. The lowest BCUT2D eigenvalue weighted by atomic mass is 10.0. The Hall–Kier alpha value is -0.0800. The lowest BCUT2D eigenvalue weighted by molar-refractivity contribution is -0.105. The second kappa shape index (κ2) is 31.4. The molecule has 0 aliphatic carbocycles. The number of aliphatic hydroxyl groups excluding tert-OH is 1. The fourth-order valence-corrected chi connectivity index (χ4v) is 5.54. The third-order valence-electron chi connectivity index (χ3n) is 8.22. The molecule has 230 valence electrons. The monoisotopic (exact) mass is 539 g/mol. The van der Waals surface area contributed by atoms with Crippen LogP contribution in [0.4, 0.5) is 0 Å². The molecule has 0 saturated heterocycles. The molecule has 2 nitrogen and oxygen atoms in total. The zero-order valence-corrected chi connectivity index (χ0v) is 27.1. The first kappa shape index (κ1) is 37.9. The van der Waals surface area contributed by atoms with Gasteiger partial charge in [0.1, 0.15) is 0 Å². The van der Waals surface area contributed by atoms with E-state index in [-0.39, 0.29) is 0 Å². The van der Waals surface area contributed by atoms with Gasteiger partial charge in [-0.05, 0) is 31.1 Å². The molecule has 0 heterocycles. The van der Waals surface area contributed by atoms with E-state index >= 15 is 0 Å². The standard InChI is InChI=1S/C36H74O2/c1-34(2)30-26-22-18-14-10-6-5-9-13-17-21-25-29-33-38-36(37)32-28-24-20-16-12-8-7-11-15-19-23-27-31-35(3)4/h34-37H,5-33H2,1-4H3. The van der Waals surface area contributed by atoms with Gasteiger partial charge in [-0.15, -0.1) is 0 Å².